The van der Waals surface area contributed by atoms with Crippen LogP contribution in [0.4, 0.5) is 10.1 Å². The molecule has 1 rings (SSSR count). The summed E-state index contributed by atoms with van der Waals surface area (Å²) in [7, 11) is 2.08. The van der Waals surface area contributed by atoms with Crippen molar-refractivity contribution in [2.75, 3.05) is 25.5 Å². The van der Waals surface area contributed by atoms with Gasteiger partial charge in [0.15, 0.2) is 0 Å². The van der Waals surface area contributed by atoms with Crippen LogP contribution in [-0.4, -0.2) is 42.2 Å². The van der Waals surface area contributed by atoms with E-state index in [-0.39, 0.29) is 5.56 Å². The number of carbonyl (C=O) groups is 1. The minimum atomic E-state index is -1.25. The van der Waals surface area contributed by atoms with Gasteiger partial charge in [0.1, 0.15) is 11.4 Å². The van der Waals surface area contributed by atoms with E-state index in [1.165, 1.54) is 6.07 Å². The maximum Gasteiger partial charge on any atom is 0.340 e. The van der Waals surface area contributed by atoms with Gasteiger partial charge < -0.3 is 15.3 Å². The quantitative estimate of drug-likeness (QED) is 0.720. The lowest BCUT2D eigenvalue weighted by atomic mass is 10.1. The summed E-state index contributed by atoms with van der Waals surface area (Å²) >= 11 is 0. The van der Waals surface area contributed by atoms with Gasteiger partial charge in [-0.25, -0.2) is 9.18 Å². The second kappa shape index (κ2) is 7.85. The van der Waals surface area contributed by atoms with Gasteiger partial charge in [-0.2, -0.15) is 0 Å². The van der Waals surface area contributed by atoms with Gasteiger partial charge in [-0.3, -0.25) is 0 Å². The third-order valence-electron chi connectivity index (χ3n) is 3.36. The third-order valence-corrected chi connectivity index (χ3v) is 3.36. The van der Waals surface area contributed by atoms with Crippen LogP contribution in [0.1, 0.15) is 37.0 Å². The Morgan fingerprint density at radius 3 is 2.70 bits per heavy atom. The summed E-state index contributed by atoms with van der Waals surface area (Å²) in [5.41, 5.74) is 0.0570. The number of aromatic carboxylic acids is 1. The van der Waals surface area contributed by atoms with Gasteiger partial charge in [0.25, 0.3) is 0 Å². The van der Waals surface area contributed by atoms with Crippen molar-refractivity contribution in [3.05, 3.63) is 29.6 Å². The summed E-state index contributed by atoms with van der Waals surface area (Å²) in [5, 5.41) is 12.0. The number of halogens is 1. The molecule has 0 aromatic heterocycles. The Morgan fingerprint density at radius 1 is 1.40 bits per heavy atom. The van der Waals surface area contributed by atoms with E-state index in [0.717, 1.165) is 25.5 Å². The minimum Gasteiger partial charge on any atom is -0.478 e. The number of carboxylic acids is 1. The topological polar surface area (TPSA) is 52.6 Å². The van der Waals surface area contributed by atoms with Crippen molar-refractivity contribution < 1.29 is 14.3 Å². The second-order valence-electron chi connectivity index (χ2n) is 5.18. The highest BCUT2D eigenvalue weighted by atomic mass is 19.1. The molecule has 0 unspecified atom stereocenters. The van der Waals surface area contributed by atoms with Crippen LogP contribution in [0.3, 0.4) is 0 Å². The first-order chi connectivity index (χ1) is 9.43. The van der Waals surface area contributed by atoms with Crippen molar-refractivity contribution in [2.24, 2.45) is 0 Å². The van der Waals surface area contributed by atoms with Gasteiger partial charge in [0.05, 0.1) is 5.69 Å². The number of anilines is 1. The van der Waals surface area contributed by atoms with Crippen molar-refractivity contribution in [2.45, 2.75) is 32.7 Å². The second-order valence-corrected chi connectivity index (χ2v) is 5.18. The van der Waals surface area contributed by atoms with E-state index in [4.69, 9.17) is 5.11 Å². The normalized spacial score (nSPS) is 11.1. The molecule has 0 aliphatic rings. The Hall–Kier alpha value is -1.62. The molecule has 0 amide bonds. The first-order valence-corrected chi connectivity index (χ1v) is 6.89. The summed E-state index contributed by atoms with van der Waals surface area (Å²) in [6, 6.07) is 4.78. The van der Waals surface area contributed by atoms with E-state index in [1.807, 2.05) is 0 Å². The molecule has 112 valence electrons. The molecular formula is C15H23FN2O2. The Morgan fingerprint density at radius 2 is 2.10 bits per heavy atom. The third kappa shape index (κ3) is 4.81. The zero-order valence-electron chi connectivity index (χ0n) is 12.3. The highest BCUT2D eigenvalue weighted by Crippen LogP contribution is 2.18. The van der Waals surface area contributed by atoms with Crippen molar-refractivity contribution in [1.29, 1.82) is 0 Å². The van der Waals surface area contributed by atoms with Crippen molar-refractivity contribution in [3.8, 4) is 0 Å². The maximum absolute atomic E-state index is 13.4. The molecule has 0 atom stereocenters. The molecule has 1 aromatic rings. The molecule has 0 aliphatic heterocycles. The van der Waals surface area contributed by atoms with Gasteiger partial charge >= 0.3 is 5.97 Å². The van der Waals surface area contributed by atoms with Crippen LogP contribution in [-0.2, 0) is 0 Å². The molecule has 5 heteroatoms. The molecule has 20 heavy (non-hydrogen) atoms. The molecule has 0 saturated carbocycles. The molecule has 2 N–H and O–H groups in total. The van der Waals surface area contributed by atoms with Crippen LogP contribution in [0, 0.1) is 5.82 Å². The molecule has 0 aliphatic carbocycles. The fraction of sp³-hybridized carbons (Fsp3) is 0.533. The van der Waals surface area contributed by atoms with Crippen molar-refractivity contribution in [3.63, 3.8) is 0 Å². The summed E-state index contributed by atoms with van der Waals surface area (Å²) < 4.78 is 13.4. The van der Waals surface area contributed by atoms with Gasteiger partial charge in [0.2, 0.25) is 0 Å². The predicted octanol–water partition coefficient (Wildman–Crippen LogP) is 3.06. The monoisotopic (exact) mass is 282 g/mol. The van der Waals surface area contributed by atoms with E-state index in [0.29, 0.717) is 18.3 Å². The number of rotatable bonds is 8. The van der Waals surface area contributed by atoms with Gasteiger partial charge in [-0.05, 0) is 52.4 Å². The molecule has 1 aromatic carbocycles. The summed E-state index contributed by atoms with van der Waals surface area (Å²) in [6.07, 6.45) is 1.92. The van der Waals surface area contributed by atoms with E-state index in [9.17, 15) is 9.18 Å². The largest absolute Gasteiger partial charge is 0.478 e. The van der Waals surface area contributed by atoms with Gasteiger partial charge in [-0.1, -0.05) is 6.07 Å². The predicted molar refractivity (Wildman–Crippen MR) is 78.8 cm³/mol. The Kier molecular flexibility index (Phi) is 6.45. The Bertz CT molecular complexity index is 449. The van der Waals surface area contributed by atoms with Crippen molar-refractivity contribution in [1.82, 2.24) is 4.90 Å². The highest BCUT2D eigenvalue weighted by Gasteiger charge is 2.14. The zero-order chi connectivity index (χ0) is 15.1. The number of unbranched alkanes of at least 4 members (excludes halogenated alkanes) is 1. The average Bonchev–Trinajstić information content (AvgIpc) is 2.37. The van der Waals surface area contributed by atoms with Crippen LogP contribution in [0.15, 0.2) is 18.2 Å². The highest BCUT2D eigenvalue weighted by molar-refractivity contribution is 5.94. The average molecular weight is 282 g/mol. The number of hydrogen-bond donors (Lipinski definition) is 2. The molecule has 4 nitrogen and oxygen atoms in total. The lowest BCUT2D eigenvalue weighted by Crippen LogP contribution is -2.27. The summed E-state index contributed by atoms with van der Waals surface area (Å²) in [4.78, 5) is 13.3. The smallest absolute Gasteiger partial charge is 0.340 e. The molecule has 0 spiro atoms. The van der Waals surface area contributed by atoms with E-state index in [1.54, 1.807) is 6.07 Å². The van der Waals surface area contributed by atoms with E-state index in [2.05, 4.69) is 31.1 Å². The van der Waals surface area contributed by atoms with Crippen LogP contribution in [0.25, 0.3) is 0 Å². The van der Waals surface area contributed by atoms with E-state index >= 15 is 0 Å². The van der Waals surface area contributed by atoms with Crippen molar-refractivity contribution >= 4 is 11.7 Å². The van der Waals surface area contributed by atoms with Crippen LogP contribution in [0.5, 0.6) is 0 Å². The van der Waals surface area contributed by atoms with Crippen LogP contribution >= 0.6 is 0 Å². The van der Waals surface area contributed by atoms with Gasteiger partial charge in [0, 0.05) is 12.6 Å². The molecule has 0 saturated heterocycles. The van der Waals surface area contributed by atoms with Crippen LogP contribution < -0.4 is 5.32 Å². The minimum absolute atomic E-state index is 0.285. The first-order valence-electron chi connectivity index (χ1n) is 6.89. The fourth-order valence-corrected chi connectivity index (χ4v) is 1.86. The summed E-state index contributed by atoms with van der Waals surface area (Å²) in [6.45, 7) is 5.91. The lowest BCUT2D eigenvalue weighted by Gasteiger charge is -2.20. The Labute approximate surface area is 119 Å². The maximum atomic E-state index is 13.4. The van der Waals surface area contributed by atoms with Crippen LogP contribution in [0.2, 0.25) is 0 Å². The number of carboxylic acid groups (broad SMARTS) is 1. The lowest BCUT2D eigenvalue weighted by molar-refractivity contribution is 0.0693. The Balaban J connectivity index is 2.43. The zero-order valence-corrected chi connectivity index (χ0v) is 12.3. The molecule has 0 radical (unpaired) electrons. The standard InChI is InChI=1S/C15H23FN2O2/c1-11(2)18(3)10-5-4-9-17-13-8-6-7-12(16)14(13)15(19)20/h6-8,11,17H,4-5,9-10H2,1-3H3,(H,19,20). The van der Waals surface area contributed by atoms with E-state index < -0.39 is 11.8 Å². The number of nitrogens with one attached hydrogen (secondary N) is 1. The SMILES string of the molecule is CC(C)N(C)CCCCNc1cccc(F)c1C(=O)O. The fourth-order valence-electron chi connectivity index (χ4n) is 1.86. The molecule has 0 heterocycles. The first kappa shape index (κ1) is 16.4. The van der Waals surface area contributed by atoms with Gasteiger partial charge in [-0.15, -0.1) is 0 Å². The number of hydrogen-bond acceptors (Lipinski definition) is 3. The number of benzene rings is 1. The summed E-state index contributed by atoms with van der Waals surface area (Å²) in [5.74, 6) is -1.95. The molecular weight excluding hydrogens is 259 g/mol. The molecule has 0 fully saturated rings. The number of nitrogens with zero attached hydrogens (tertiary/aromatic N) is 1. The molecule has 0 bridgehead atoms.